The van der Waals surface area contributed by atoms with Crippen LogP contribution in [0, 0.1) is 13.8 Å². The Morgan fingerprint density at radius 1 is 1.38 bits per heavy atom. The molecule has 0 aliphatic carbocycles. The van der Waals surface area contributed by atoms with E-state index in [1.165, 1.54) is 0 Å². The van der Waals surface area contributed by atoms with E-state index < -0.39 is 0 Å². The van der Waals surface area contributed by atoms with Crippen molar-refractivity contribution in [2.45, 2.75) is 13.8 Å². The van der Waals surface area contributed by atoms with E-state index in [0.717, 1.165) is 28.3 Å². The van der Waals surface area contributed by atoms with E-state index in [-0.39, 0.29) is 0 Å². The van der Waals surface area contributed by atoms with Crippen LogP contribution in [0.4, 0.5) is 5.69 Å². The fourth-order valence-corrected chi connectivity index (χ4v) is 1.92. The number of nitrogens with zero attached hydrogens (tertiary/aromatic N) is 1. The molecule has 0 saturated carbocycles. The maximum Gasteiger partial charge on any atom is 0.141 e. The van der Waals surface area contributed by atoms with E-state index in [2.05, 4.69) is 14.6 Å². The summed E-state index contributed by atoms with van der Waals surface area (Å²) in [7, 11) is 2.23. The van der Waals surface area contributed by atoms with Crippen LogP contribution >= 0.6 is 9.47 Å². The summed E-state index contributed by atoms with van der Waals surface area (Å²) in [4.78, 5) is 0. The lowest BCUT2D eigenvalue weighted by Crippen LogP contribution is -1.90. The summed E-state index contributed by atoms with van der Waals surface area (Å²) in [5.41, 5.74) is 9.11. The lowest BCUT2D eigenvalue weighted by molar-refractivity contribution is 0.393. The van der Waals surface area contributed by atoms with Crippen LogP contribution in [-0.2, 0) is 0 Å². The van der Waals surface area contributed by atoms with Crippen LogP contribution in [0.2, 0.25) is 0 Å². The first-order valence-corrected chi connectivity index (χ1v) is 5.30. The Morgan fingerprint density at radius 2 is 2.12 bits per heavy atom. The van der Waals surface area contributed by atoms with Gasteiger partial charge in [0.15, 0.2) is 0 Å². The SMILES string of the molecule is Cc1noc(C)c1-c1cc(N)ccc1OP. The molecular weight excluding hydrogens is 223 g/mol. The number of rotatable bonds is 2. The van der Waals surface area contributed by atoms with E-state index >= 15 is 0 Å². The van der Waals surface area contributed by atoms with Crippen molar-refractivity contribution in [1.82, 2.24) is 5.16 Å². The third kappa shape index (κ3) is 1.76. The average molecular weight is 236 g/mol. The molecule has 1 unspecified atom stereocenters. The smallest absolute Gasteiger partial charge is 0.141 e. The van der Waals surface area contributed by atoms with Crippen LogP contribution in [0.25, 0.3) is 11.1 Å². The Kier molecular flexibility index (Phi) is 2.84. The van der Waals surface area contributed by atoms with Crippen molar-refractivity contribution in [2.75, 3.05) is 5.73 Å². The molecule has 1 heterocycles. The zero-order chi connectivity index (χ0) is 11.7. The van der Waals surface area contributed by atoms with Crippen LogP contribution in [0.3, 0.4) is 0 Å². The molecule has 1 aromatic heterocycles. The van der Waals surface area contributed by atoms with Gasteiger partial charge < -0.3 is 14.8 Å². The molecule has 0 spiro atoms. The first kappa shape index (κ1) is 11.0. The van der Waals surface area contributed by atoms with Crippen molar-refractivity contribution < 1.29 is 9.05 Å². The molecule has 0 radical (unpaired) electrons. The first-order valence-electron chi connectivity index (χ1n) is 4.83. The van der Waals surface area contributed by atoms with E-state index in [1.807, 2.05) is 26.0 Å². The van der Waals surface area contributed by atoms with Crippen molar-refractivity contribution in [2.24, 2.45) is 0 Å². The lowest BCUT2D eigenvalue weighted by Gasteiger charge is -2.08. The van der Waals surface area contributed by atoms with Gasteiger partial charge in [0.1, 0.15) is 11.5 Å². The Labute approximate surface area is 96.1 Å². The number of nitrogen functional groups attached to an aromatic ring is 1. The molecule has 4 nitrogen and oxygen atoms in total. The van der Waals surface area contributed by atoms with Crippen molar-refractivity contribution in [3.63, 3.8) is 0 Å². The van der Waals surface area contributed by atoms with E-state index in [1.54, 1.807) is 6.07 Å². The summed E-state index contributed by atoms with van der Waals surface area (Å²) in [6.45, 7) is 3.76. The molecule has 5 heteroatoms. The molecule has 2 N–H and O–H groups in total. The zero-order valence-corrected chi connectivity index (χ0v) is 10.3. The van der Waals surface area contributed by atoms with E-state index in [9.17, 15) is 0 Å². The van der Waals surface area contributed by atoms with E-state index in [4.69, 9.17) is 14.8 Å². The van der Waals surface area contributed by atoms with Gasteiger partial charge in [-0.3, -0.25) is 0 Å². The van der Waals surface area contributed by atoms with Gasteiger partial charge in [-0.1, -0.05) is 5.16 Å². The van der Waals surface area contributed by atoms with E-state index in [0.29, 0.717) is 5.69 Å². The Bertz CT molecular complexity index is 503. The summed E-state index contributed by atoms with van der Waals surface area (Å²) in [5.74, 6) is 1.49. The quantitative estimate of drug-likeness (QED) is 0.643. The first-order chi connectivity index (χ1) is 7.63. The Hall–Kier alpha value is -1.54. The van der Waals surface area contributed by atoms with Gasteiger partial charge >= 0.3 is 0 Å². The maximum atomic E-state index is 5.78. The average Bonchev–Trinajstić information content (AvgIpc) is 2.58. The Balaban J connectivity index is 2.67. The van der Waals surface area contributed by atoms with Crippen molar-refractivity contribution in [1.29, 1.82) is 0 Å². The van der Waals surface area contributed by atoms with Gasteiger partial charge in [-0.2, -0.15) is 0 Å². The molecule has 1 atom stereocenters. The number of hydrogen-bond acceptors (Lipinski definition) is 4. The maximum absolute atomic E-state index is 5.78. The molecule has 1 aromatic carbocycles. The van der Waals surface area contributed by atoms with Crippen LogP contribution in [0.5, 0.6) is 5.75 Å². The van der Waals surface area contributed by atoms with Gasteiger partial charge in [-0.25, -0.2) is 0 Å². The van der Waals surface area contributed by atoms with Gasteiger partial charge in [0.2, 0.25) is 0 Å². The molecule has 2 aromatic rings. The molecule has 0 aliphatic heterocycles. The molecule has 0 saturated heterocycles. The van der Waals surface area contributed by atoms with Crippen LogP contribution in [0.15, 0.2) is 22.7 Å². The highest BCUT2D eigenvalue weighted by Gasteiger charge is 2.15. The number of nitrogens with two attached hydrogens (primary N) is 1. The van der Waals surface area contributed by atoms with Gasteiger partial charge in [0, 0.05) is 11.3 Å². The molecule has 0 fully saturated rings. The molecule has 84 valence electrons. The van der Waals surface area contributed by atoms with Crippen LogP contribution in [-0.4, -0.2) is 5.16 Å². The van der Waals surface area contributed by atoms with Crippen molar-refractivity contribution >= 4 is 15.2 Å². The van der Waals surface area contributed by atoms with Crippen LogP contribution in [0.1, 0.15) is 11.5 Å². The topological polar surface area (TPSA) is 61.3 Å². The summed E-state index contributed by atoms with van der Waals surface area (Å²) in [6, 6.07) is 5.47. The standard InChI is InChI=1S/C11H13N2O2P/c1-6-11(7(2)14-13-6)9-5-8(12)3-4-10(9)15-16/h3-5H,12,16H2,1-2H3. The summed E-state index contributed by atoms with van der Waals surface area (Å²) >= 11 is 0. The zero-order valence-electron chi connectivity index (χ0n) is 9.15. The summed E-state index contributed by atoms with van der Waals surface area (Å²) in [5, 5.41) is 3.92. The second-order valence-corrected chi connectivity index (χ2v) is 3.81. The third-order valence-corrected chi connectivity index (χ3v) is 2.69. The minimum absolute atomic E-state index is 0.681. The normalized spacial score (nSPS) is 10.4. The molecule has 0 amide bonds. The van der Waals surface area contributed by atoms with Gasteiger partial charge in [0.25, 0.3) is 0 Å². The third-order valence-electron chi connectivity index (χ3n) is 2.43. The highest BCUT2D eigenvalue weighted by atomic mass is 31.0. The number of aryl methyl sites for hydroxylation is 2. The van der Waals surface area contributed by atoms with Gasteiger partial charge in [-0.15, -0.1) is 0 Å². The molecule has 16 heavy (non-hydrogen) atoms. The Morgan fingerprint density at radius 3 is 2.69 bits per heavy atom. The monoisotopic (exact) mass is 236 g/mol. The van der Waals surface area contributed by atoms with Crippen LogP contribution < -0.4 is 10.3 Å². The number of aromatic nitrogens is 1. The highest BCUT2D eigenvalue weighted by Crippen LogP contribution is 2.36. The van der Waals surface area contributed by atoms with Crippen molar-refractivity contribution in [3.8, 4) is 16.9 Å². The minimum atomic E-state index is 0.681. The molecular formula is C11H13N2O2P. The second-order valence-electron chi connectivity index (χ2n) is 3.57. The fraction of sp³-hybridized carbons (Fsp3) is 0.182. The highest BCUT2D eigenvalue weighted by molar-refractivity contribution is 7.10. The van der Waals surface area contributed by atoms with Gasteiger partial charge in [0.05, 0.1) is 20.7 Å². The van der Waals surface area contributed by atoms with Gasteiger partial charge in [-0.05, 0) is 32.0 Å². The summed E-state index contributed by atoms with van der Waals surface area (Å²) < 4.78 is 10.4. The molecule has 2 rings (SSSR count). The fourth-order valence-electron chi connectivity index (χ4n) is 1.71. The number of benzene rings is 1. The predicted octanol–water partition coefficient (Wildman–Crippen LogP) is 2.71. The number of anilines is 1. The predicted molar refractivity (Wildman–Crippen MR) is 66.2 cm³/mol. The largest absolute Gasteiger partial charge is 0.480 e. The number of hydrogen-bond donors (Lipinski definition) is 1. The minimum Gasteiger partial charge on any atom is -0.480 e. The second kappa shape index (κ2) is 4.14. The molecule has 0 aliphatic rings. The molecule has 0 bridgehead atoms. The lowest BCUT2D eigenvalue weighted by atomic mass is 10.0. The summed E-state index contributed by atoms with van der Waals surface area (Å²) in [6.07, 6.45) is 0. The van der Waals surface area contributed by atoms with Crippen molar-refractivity contribution in [3.05, 3.63) is 29.7 Å².